The molecule has 0 spiro atoms. The van der Waals surface area contributed by atoms with Crippen molar-refractivity contribution in [2.45, 2.75) is 17.9 Å². The van der Waals surface area contributed by atoms with E-state index in [9.17, 15) is 4.79 Å². The number of rotatable bonds is 8. The van der Waals surface area contributed by atoms with Crippen molar-refractivity contribution in [1.29, 1.82) is 0 Å². The number of carbonyl (C=O) groups is 1. The number of hydrogen-bond acceptors (Lipinski definition) is 5. The Labute approximate surface area is 167 Å². The lowest BCUT2D eigenvalue weighted by Gasteiger charge is -2.07. The van der Waals surface area contributed by atoms with E-state index in [0.29, 0.717) is 23.7 Å². The van der Waals surface area contributed by atoms with Crippen LogP contribution in [0.15, 0.2) is 64.0 Å². The van der Waals surface area contributed by atoms with Gasteiger partial charge in [-0.2, -0.15) is 0 Å². The molecule has 0 radical (unpaired) electrons. The third kappa shape index (κ3) is 5.28. The topological polar surface area (TPSA) is 64.4 Å². The Bertz CT molecular complexity index is 914. The number of amides is 1. The molecule has 3 rings (SSSR count). The smallest absolute Gasteiger partial charge is 0.273 e. The molecule has 2 aromatic carbocycles. The number of para-hydroxylation sites is 1. The largest absolute Gasteiger partial charge is 0.484 e. The number of nitrogens with one attached hydrogen (secondary N) is 1. The summed E-state index contributed by atoms with van der Waals surface area (Å²) in [6.07, 6.45) is 2.63. The monoisotopic (exact) mass is 402 g/mol. The van der Waals surface area contributed by atoms with Crippen molar-refractivity contribution >= 4 is 29.3 Å². The van der Waals surface area contributed by atoms with E-state index in [1.807, 2.05) is 54.8 Å². The zero-order chi connectivity index (χ0) is 19.1. The zero-order valence-electron chi connectivity index (χ0n) is 14.8. The van der Waals surface area contributed by atoms with E-state index in [4.69, 9.17) is 20.9 Å². The molecule has 0 fully saturated rings. The SMILES string of the molecule is CSc1ccccc1OCc1cc(C(=O)NCCc2ccccc2Cl)no1. The van der Waals surface area contributed by atoms with Gasteiger partial charge in [-0.15, -0.1) is 11.8 Å². The number of hydrogen-bond donors (Lipinski definition) is 1. The summed E-state index contributed by atoms with van der Waals surface area (Å²) >= 11 is 7.72. The molecule has 0 aliphatic carbocycles. The molecule has 7 heteroatoms. The highest BCUT2D eigenvalue weighted by atomic mass is 35.5. The van der Waals surface area contributed by atoms with Crippen LogP contribution < -0.4 is 10.1 Å². The highest BCUT2D eigenvalue weighted by Gasteiger charge is 2.13. The van der Waals surface area contributed by atoms with E-state index in [1.165, 1.54) is 0 Å². The predicted octanol–water partition coefficient (Wildman–Crippen LogP) is 4.60. The second kappa shape index (κ2) is 9.48. The van der Waals surface area contributed by atoms with Gasteiger partial charge in [0.2, 0.25) is 0 Å². The second-order valence-corrected chi connectivity index (χ2v) is 6.97. The Morgan fingerprint density at radius 3 is 2.81 bits per heavy atom. The van der Waals surface area contributed by atoms with Crippen LogP contribution in [0.2, 0.25) is 5.02 Å². The third-order valence-corrected chi connectivity index (χ3v) is 5.01. The number of benzene rings is 2. The van der Waals surface area contributed by atoms with Gasteiger partial charge in [0.05, 0.1) is 0 Å². The van der Waals surface area contributed by atoms with Gasteiger partial charge in [0.1, 0.15) is 12.4 Å². The maximum atomic E-state index is 12.2. The molecule has 140 valence electrons. The molecule has 0 bridgehead atoms. The number of aromatic nitrogens is 1. The predicted molar refractivity (Wildman–Crippen MR) is 107 cm³/mol. The Morgan fingerprint density at radius 1 is 1.22 bits per heavy atom. The Hall–Kier alpha value is -2.44. The van der Waals surface area contributed by atoms with Crippen molar-refractivity contribution in [3.8, 4) is 5.75 Å². The van der Waals surface area contributed by atoms with Gasteiger partial charge in [-0.3, -0.25) is 4.79 Å². The Balaban J connectivity index is 1.51. The molecule has 3 aromatic rings. The number of nitrogens with zero attached hydrogens (tertiary/aromatic N) is 1. The minimum atomic E-state index is -0.290. The number of carbonyl (C=O) groups excluding carboxylic acids is 1. The summed E-state index contributed by atoms with van der Waals surface area (Å²) in [5, 5.41) is 7.32. The molecule has 0 atom stereocenters. The van der Waals surface area contributed by atoms with E-state index >= 15 is 0 Å². The molecule has 0 unspecified atom stereocenters. The molecule has 1 N–H and O–H groups in total. The maximum Gasteiger partial charge on any atom is 0.273 e. The van der Waals surface area contributed by atoms with E-state index in [1.54, 1.807) is 17.8 Å². The van der Waals surface area contributed by atoms with Crippen LogP contribution in [-0.4, -0.2) is 23.9 Å². The average Bonchev–Trinajstić information content (AvgIpc) is 3.17. The quantitative estimate of drug-likeness (QED) is 0.558. The van der Waals surface area contributed by atoms with Crippen molar-refractivity contribution < 1.29 is 14.1 Å². The van der Waals surface area contributed by atoms with E-state index in [0.717, 1.165) is 16.2 Å². The van der Waals surface area contributed by atoms with Crippen LogP contribution in [0, 0.1) is 0 Å². The average molecular weight is 403 g/mol. The highest BCUT2D eigenvalue weighted by Crippen LogP contribution is 2.27. The molecule has 27 heavy (non-hydrogen) atoms. The number of halogens is 1. The first kappa shape index (κ1) is 19.3. The third-order valence-electron chi connectivity index (χ3n) is 3.87. The van der Waals surface area contributed by atoms with Crippen LogP contribution in [-0.2, 0) is 13.0 Å². The van der Waals surface area contributed by atoms with E-state index < -0.39 is 0 Å². The van der Waals surface area contributed by atoms with E-state index in [2.05, 4.69) is 10.5 Å². The number of ether oxygens (including phenoxy) is 1. The van der Waals surface area contributed by atoms with Crippen LogP contribution >= 0.6 is 23.4 Å². The molecule has 5 nitrogen and oxygen atoms in total. The summed E-state index contributed by atoms with van der Waals surface area (Å²) in [5.74, 6) is 0.968. The Kier molecular flexibility index (Phi) is 6.79. The lowest BCUT2D eigenvalue weighted by Crippen LogP contribution is -2.26. The van der Waals surface area contributed by atoms with Crippen LogP contribution in [0.5, 0.6) is 5.75 Å². The molecule has 0 saturated heterocycles. The van der Waals surface area contributed by atoms with Gasteiger partial charge in [-0.05, 0) is 36.4 Å². The molecule has 0 aliphatic heterocycles. The lowest BCUT2D eigenvalue weighted by atomic mass is 10.1. The van der Waals surface area contributed by atoms with Gasteiger partial charge in [0.25, 0.3) is 5.91 Å². The standard InChI is InChI=1S/C20H19ClN2O3S/c1-27-19-9-5-4-8-18(19)25-13-15-12-17(23-26-15)20(24)22-11-10-14-6-2-3-7-16(14)21/h2-9,12H,10-11,13H2,1H3,(H,22,24). The minimum absolute atomic E-state index is 0.206. The van der Waals surface area contributed by atoms with Crippen molar-refractivity contribution in [1.82, 2.24) is 10.5 Å². The normalized spacial score (nSPS) is 10.6. The highest BCUT2D eigenvalue weighted by molar-refractivity contribution is 7.98. The molecule has 1 amide bonds. The van der Waals surface area contributed by atoms with Crippen molar-refractivity contribution in [2.75, 3.05) is 12.8 Å². The summed E-state index contributed by atoms with van der Waals surface area (Å²) in [4.78, 5) is 13.2. The van der Waals surface area contributed by atoms with Crippen LogP contribution in [0.25, 0.3) is 0 Å². The van der Waals surface area contributed by atoms with Crippen LogP contribution in [0.4, 0.5) is 0 Å². The molecule has 1 heterocycles. The summed E-state index contributed by atoms with van der Waals surface area (Å²) in [5.41, 5.74) is 1.21. The van der Waals surface area contributed by atoms with Crippen molar-refractivity contribution in [3.63, 3.8) is 0 Å². The van der Waals surface area contributed by atoms with Crippen molar-refractivity contribution in [3.05, 3.63) is 76.6 Å². The lowest BCUT2D eigenvalue weighted by molar-refractivity contribution is 0.0944. The summed E-state index contributed by atoms with van der Waals surface area (Å²) in [6.45, 7) is 0.667. The Morgan fingerprint density at radius 2 is 2.00 bits per heavy atom. The van der Waals surface area contributed by atoms with Gasteiger partial charge in [-0.25, -0.2) is 0 Å². The van der Waals surface area contributed by atoms with Gasteiger partial charge in [-0.1, -0.05) is 47.1 Å². The first-order valence-corrected chi connectivity index (χ1v) is 10.0. The molecule has 0 saturated carbocycles. The molecular formula is C20H19ClN2O3S. The summed E-state index contributed by atoms with van der Waals surface area (Å²) < 4.78 is 11.0. The van der Waals surface area contributed by atoms with Crippen molar-refractivity contribution in [2.24, 2.45) is 0 Å². The van der Waals surface area contributed by atoms with E-state index in [-0.39, 0.29) is 18.2 Å². The fourth-order valence-electron chi connectivity index (χ4n) is 2.48. The first-order chi connectivity index (χ1) is 13.2. The van der Waals surface area contributed by atoms with Crippen LogP contribution in [0.1, 0.15) is 21.8 Å². The van der Waals surface area contributed by atoms with Gasteiger partial charge < -0.3 is 14.6 Å². The molecule has 0 aliphatic rings. The first-order valence-electron chi connectivity index (χ1n) is 8.40. The van der Waals surface area contributed by atoms with Crippen LogP contribution in [0.3, 0.4) is 0 Å². The summed E-state index contributed by atoms with van der Waals surface area (Å²) in [6, 6.07) is 16.9. The van der Waals surface area contributed by atoms with Gasteiger partial charge >= 0.3 is 0 Å². The molecular weight excluding hydrogens is 384 g/mol. The van der Waals surface area contributed by atoms with Gasteiger partial charge in [0.15, 0.2) is 11.5 Å². The number of thioether (sulfide) groups is 1. The second-order valence-electron chi connectivity index (χ2n) is 5.72. The fourth-order valence-corrected chi connectivity index (χ4v) is 3.25. The minimum Gasteiger partial charge on any atom is -0.484 e. The fraction of sp³-hybridized carbons (Fsp3) is 0.200. The summed E-state index contributed by atoms with van der Waals surface area (Å²) in [7, 11) is 0. The van der Waals surface area contributed by atoms with Gasteiger partial charge in [0, 0.05) is 22.5 Å². The zero-order valence-corrected chi connectivity index (χ0v) is 16.3. The maximum absolute atomic E-state index is 12.2. The molecule has 1 aromatic heterocycles.